The molecule has 1 aliphatic heterocycles. The molecule has 33 heavy (non-hydrogen) atoms. The number of carbonyl (C=O) groups excluding carboxylic acids is 1. The lowest BCUT2D eigenvalue weighted by molar-refractivity contribution is -0.128. The molecule has 2 aromatic carbocycles. The van der Waals surface area contributed by atoms with Crippen molar-refractivity contribution in [1.29, 1.82) is 0 Å². The zero-order chi connectivity index (χ0) is 23.5. The Morgan fingerprint density at radius 1 is 1.24 bits per heavy atom. The van der Waals surface area contributed by atoms with Crippen molar-refractivity contribution < 1.29 is 9.18 Å². The largest absolute Gasteiger partial charge is 0.358 e. The van der Waals surface area contributed by atoms with Crippen molar-refractivity contribution in [2.75, 3.05) is 13.6 Å². The molecule has 0 fully saturated rings. The Bertz CT molecular complexity index is 1130. The van der Waals surface area contributed by atoms with Crippen molar-refractivity contribution >= 4 is 17.5 Å². The fourth-order valence-corrected chi connectivity index (χ4v) is 5.14. The van der Waals surface area contributed by atoms with Crippen molar-refractivity contribution in [1.82, 2.24) is 19.8 Å². The highest BCUT2D eigenvalue weighted by atomic mass is 35.5. The number of fused-ring (bicyclic) bond motifs is 1. The number of aryl methyl sites for hydroxylation is 3. The molecule has 2 heterocycles. The van der Waals surface area contributed by atoms with E-state index in [1.54, 1.807) is 20.0 Å². The normalized spacial score (nSPS) is 16.9. The number of hydrogen-bond donors (Lipinski definition) is 1. The number of halogens is 2. The summed E-state index contributed by atoms with van der Waals surface area (Å²) in [6.45, 7) is 5.24. The van der Waals surface area contributed by atoms with E-state index in [9.17, 15) is 9.18 Å². The van der Waals surface area contributed by atoms with E-state index in [4.69, 9.17) is 11.6 Å². The fourth-order valence-electron chi connectivity index (χ4n) is 4.82. The minimum Gasteiger partial charge on any atom is -0.358 e. The summed E-state index contributed by atoms with van der Waals surface area (Å²) in [5.74, 6) is 0.696. The number of aromatic nitrogens is 2. The van der Waals surface area contributed by atoms with Crippen LogP contribution in [0.25, 0.3) is 0 Å². The minimum atomic E-state index is -0.458. The summed E-state index contributed by atoms with van der Waals surface area (Å²) in [7, 11) is 1.67. The second-order valence-corrected chi connectivity index (χ2v) is 8.87. The van der Waals surface area contributed by atoms with E-state index in [-0.39, 0.29) is 17.8 Å². The van der Waals surface area contributed by atoms with Crippen LogP contribution in [-0.4, -0.2) is 34.0 Å². The quantitative estimate of drug-likeness (QED) is 0.529. The smallest absolute Gasteiger partial charge is 0.241 e. The lowest BCUT2D eigenvalue weighted by Crippen LogP contribution is -2.46. The number of likely N-dealkylation sites (N-methyl/N-ethyl adjacent to an activating group) is 1. The van der Waals surface area contributed by atoms with Crippen molar-refractivity contribution in [3.8, 4) is 0 Å². The van der Waals surface area contributed by atoms with E-state index in [0.717, 1.165) is 29.1 Å². The predicted molar refractivity (Wildman–Crippen MR) is 129 cm³/mol. The van der Waals surface area contributed by atoms with E-state index in [1.165, 1.54) is 0 Å². The Balaban J connectivity index is 1.74. The first kappa shape index (κ1) is 23.5. The first-order valence-corrected chi connectivity index (χ1v) is 11.8. The van der Waals surface area contributed by atoms with Gasteiger partial charge in [0.25, 0.3) is 0 Å². The van der Waals surface area contributed by atoms with Crippen molar-refractivity contribution in [2.45, 2.75) is 51.7 Å². The molecule has 4 rings (SSSR count). The third kappa shape index (κ3) is 4.68. The van der Waals surface area contributed by atoms with E-state index in [1.807, 2.05) is 42.5 Å². The molecule has 0 spiro atoms. The third-order valence-corrected chi connectivity index (χ3v) is 6.82. The molecule has 1 aromatic heterocycles. The average molecular weight is 469 g/mol. The summed E-state index contributed by atoms with van der Waals surface area (Å²) in [5.41, 5.74) is 3.44. The summed E-state index contributed by atoms with van der Waals surface area (Å²) in [6.07, 6.45) is 2.14. The maximum atomic E-state index is 14.2. The van der Waals surface area contributed by atoms with Gasteiger partial charge in [0.15, 0.2) is 5.15 Å². The molecule has 5 nitrogen and oxygen atoms in total. The molecule has 0 unspecified atom stereocenters. The minimum absolute atomic E-state index is 0.0626. The van der Waals surface area contributed by atoms with Gasteiger partial charge in [-0.25, -0.2) is 9.37 Å². The summed E-state index contributed by atoms with van der Waals surface area (Å²) in [4.78, 5) is 20.0. The highest BCUT2D eigenvalue weighted by Crippen LogP contribution is 2.40. The summed E-state index contributed by atoms with van der Waals surface area (Å²) in [5, 5.41) is 3.32. The zero-order valence-corrected chi connectivity index (χ0v) is 20.1. The first-order valence-electron chi connectivity index (χ1n) is 11.5. The SMILES string of the molecule is CCc1nc(Cl)c2n1CCN([C@@H](C(=O)NC)c1ccccc1)[C@@H]2CCc1ccc(C)c(F)c1. The topological polar surface area (TPSA) is 50.2 Å². The van der Waals surface area contributed by atoms with Crippen molar-refractivity contribution in [3.63, 3.8) is 0 Å². The zero-order valence-electron chi connectivity index (χ0n) is 19.3. The molecule has 0 aliphatic carbocycles. The molecular formula is C26H30ClFN4O. The number of amides is 1. The van der Waals surface area contributed by atoms with Crippen LogP contribution in [-0.2, 0) is 24.2 Å². The fraction of sp³-hybridized carbons (Fsp3) is 0.385. The van der Waals surface area contributed by atoms with Crippen LogP contribution in [0.4, 0.5) is 4.39 Å². The number of imidazole rings is 1. The molecule has 0 radical (unpaired) electrons. The van der Waals surface area contributed by atoms with Gasteiger partial charge in [0.05, 0.1) is 11.7 Å². The lowest BCUT2D eigenvalue weighted by Gasteiger charge is -2.41. The number of rotatable bonds is 7. The second-order valence-electron chi connectivity index (χ2n) is 8.51. The van der Waals surface area contributed by atoms with Gasteiger partial charge in [0.2, 0.25) is 5.91 Å². The van der Waals surface area contributed by atoms with Gasteiger partial charge in [0, 0.05) is 26.6 Å². The Morgan fingerprint density at radius 3 is 2.67 bits per heavy atom. The second kappa shape index (κ2) is 10.1. The van der Waals surface area contributed by atoms with Gasteiger partial charge < -0.3 is 9.88 Å². The summed E-state index contributed by atoms with van der Waals surface area (Å²) >= 11 is 6.67. The Labute approximate surface area is 199 Å². The predicted octanol–water partition coefficient (Wildman–Crippen LogP) is 5.02. The molecule has 2 atom stereocenters. The van der Waals surface area contributed by atoms with Gasteiger partial charge in [-0.1, -0.05) is 61.0 Å². The molecule has 1 amide bonds. The molecule has 0 bridgehead atoms. The van der Waals surface area contributed by atoms with Crippen LogP contribution >= 0.6 is 11.6 Å². The number of benzene rings is 2. The standard InChI is InChI=1S/C26H30ClFN4O/c1-4-22-30-25(27)24-21(13-12-18-11-10-17(2)20(28)16-18)31(14-15-32(22)24)23(26(33)29-3)19-8-6-5-7-9-19/h5-11,16,21,23H,4,12-15H2,1-3H3,(H,29,33)/t21-,23-/m1/s1. The summed E-state index contributed by atoms with van der Waals surface area (Å²) < 4.78 is 16.4. The lowest BCUT2D eigenvalue weighted by atomic mass is 9.95. The van der Waals surface area contributed by atoms with Crippen LogP contribution in [0.5, 0.6) is 0 Å². The average Bonchev–Trinajstić information content (AvgIpc) is 3.16. The molecule has 0 saturated heterocycles. The van der Waals surface area contributed by atoms with E-state index < -0.39 is 6.04 Å². The van der Waals surface area contributed by atoms with Crippen molar-refractivity contribution in [3.05, 3.63) is 87.7 Å². The number of hydrogen-bond acceptors (Lipinski definition) is 3. The van der Waals surface area contributed by atoms with Gasteiger partial charge in [0.1, 0.15) is 17.7 Å². The molecule has 1 N–H and O–H groups in total. The number of nitrogens with one attached hydrogen (secondary N) is 1. The van der Waals surface area contributed by atoms with Crippen molar-refractivity contribution in [2.24, 2.45) is 0 Å². The summed E-state index contributed by atoms with van der Waals surface area (Å²) in [6, 6.07) is 14.6. The molecule has 7 heteroatoms. The van der Waals surface area contributed by atoms with Crippen LogP contribution in [0.2, 0.25) is 5.15 Å². The molecule has 0 saturated carbocycles. The molecular weight excluding hydrogens is 439 g/mol. The van der Waals surface area contributed by atoms with Crippen LogP contribution in [0, 0.1) is 12.7 Å². The van der Waals surface area contributed by atoms with Gasteiger partial charge in [-0.2, -0.15) is 0 Å². The maximum Gasteiger partial charge on any atom is 0.241 e. The maximum absolute atomic E-state index is 14.2. The van der Waals surface area contributed by atoms with Gasteiger partial charge >= 0.3 is 0 Å². The Kier molecular flexibility index (Phi) is 7.15. The Hall–Kier alpha value is -2.70. The number of nitrogens with zero attached hydrogens (tertiary/aromatic N) is 3. The van der Waals surface area contributed by atoms with Crippen LogP contribution in [0.1, 0.15) is 53.6 Å². The van der Waals surface area contributed by atoms with Crippen LogP contribution in [0.3, 0.4) is 0 Å². The number of carbonyl (C=O) groups is 1. The van der Waals surface area contributed by atoms with Gasteiger partial charge in [-0.05, 0) is 42.5 Å². The highest BCUT2D eigenvalue weighted by molar-refractivity contribution is 6.30. The molecule has 1 aliphatic rings. The third-order valence-electron chi connectivity index (χ3n) is 6.54. The van der Waals surface area contributed by atoms with E-state index in [2.05, 4.69) is 26.7 Å². The molecule has 3 aromatic rings. The Morgan fingerprint density at radius 2 is 2.00 bits per heavy atom. The van der Waals surface area contributed by atoms with E-state index in [0.29, 0.717) is 36.6 Å². The van der Waals surface area contributed by atoms with E-state index >= 15 is 0 Å². The highest BCUT2D eigenvalue weighted by Gasteiger charge is 2.39. The van der Waals surface area contributed by atoms with Crippen LogP contribution < -0.4 is 5.32 Å². The monoisotopic (exact) mass is 468 g/mol. The van der Waals surface area contributed by atoms with Gasteiger partial charge in [-0.3, -0.25) is 9.69 Å². The van der Waals surface area contributed by atoms with Gasteiger partial charge in [-0.15, -0.1) is 0 Å². The van der Waals surface area contributed by atoms with Crippen LogP contribution in [0.15, 0.2) is 48.5 Å². The first-order chi connectivity index (χ1) is 15.9. The molecule has 174 valence electrons.